The van der Waals surface area contributed by atoms with E-state index in [4.69, 9.17) is 0 Å². The van der Waals surface area contributed by atoms with Gasteiger partial charge in [-0.3, -0.25) is 0 Å². The zero-order valence-corrected chi connectivity index (χ0v) is 8.14. The van der Waals surface area contributed by atoms with E-state index in [9.17, 15) is 4.39 Å². The molecule has 0 radical (unpaired) electrons. The van der Waals surface area contributed by atoms with Crippen LogP contribution in [0, 0.1) is 5.92 Å². The molecule has 2 unspecified atom stereocenters. The van der Waals surface area contributed by atoms with Crippen molar-refractivity contribution in [2.75, 3.05) is 32.7 Å². The van der Waals surface area contributed by atoms with Gasteiger partial charge in [-0.2, -0.15) is 0 Å². The molecule has 2 fully saturated rings. The molecule has 0 saturated carbocycles. The second kappa shape index (κ2) is 4.38. The third-order valence-electron chi connectivity index (χ3n) is 3.13. The van der Waals surface area contributed by atoms with Crippen molar-refractivity contribution in [3.05, 3.63) is 0 Å². The number of halogens is 1. The maximum Gasteiger partial charge on any atom is 0.114 e. The molecule has 2 aliphatic rings. The third kappa shape index (κ3) is 2.64. The lowest BCUT2D eigenvalue weighted by Gasteiger charge is -2.27. The standard InChI is InChI=1S/C10H19FN2/c11-10-3-5-13(8-10)7-9-2-1-4-12-6-9/h9-10,12H,1-8H2. The minimum absolute atomic E-state index is 0.559. The molecule has 1 N–H and O–H groups in total. The summed E-state index contributed by atoms with van der Waals surface area (Å²) >= 11 is 0. The SMILES string of the molecule is FC1CCN(CC2CCCNC2)C1. The lowest BCUT2D eigenvalue weighted by molar-refractivity contribution is 0.227. The van der Waals surface area contributed by atoms with E-state index in [1.54, 1.807) is 0 Å². The van der Waals surface area contributed by atoms with E-state index in [2.05, 4.69) is 10.2 Å². The van der Waals surface area contributed by atoms with Crippen LogP contribution in [0.25, 0.3) is 0 Å². The Labute approximate surface area is 79.5 Å². The van der Waals surface area contributed by atoms with Gasteiger partial charge in [-0.1, -0.05) is 0 Å². The number of nitrogens with zero attached hydrogens (tertiary/aromatic N) is 1. The average Bonchev–Trinajstić information content (AvgIpc) is 2.53. The quantitative estimate of drug-likeness (QED) is 0.693. The first-order valence-corrected chi connectivity index (χ1v) is 5.42. The van der Waals surface area contributed by atoms with Crippen LogP contribution in [0.2, 0.25) is 0 Å². The number of hydrogen-bond acceptors (Lipinski definition) is 2. The molecule has 2 rings (SSSR count). The molecule has 0 aromatic carbocycles. The van der Waals surface area contributed by atoms with Crippen LogP contribution >= 0.6 is 0 Å². The fraction of sp³-hybridized carbons (Fsp3) is 1.00. The highest BCUT2D eigenvalue weighted by Gasteiger charge is 2.24. The summed E-state index contributed by atoms with van der Waals surface area (Å²) in [6.07, 6.45) is 2.80. The van der Waals surface area contributed by atoms with Crippen LogP contribution in [0.15, 0.2) is 0 Å². The molecule has 0 aliphatic carbocycles. The van der Waals surface area contributed by atoms with Gasteiger partial charge in [-0.15, -0.1) is 0 Å². The van der Waals surface area contributed by atoms with Crippen LogP contribution in [0.5, 0.6) is 0 Å². The van der Waals surface area contributed by atoms with Crippen LogP contribution < -0.4 is 5.32 Å². The van der Waals surface area contributed by atoms with Gasteiger partial charge in [0.2, 0.25) is 0 Å². The Morgan fingerprint density at radius 1 is 1.38 bits per heavy atom. The van der Waals surface area contributed by atoms with Gasteiger partial charge in [0, 0.05) is 19.6 Å². The van der Waals surface area contributed by atoms with Crippen molar-refractivity contribution in [2.24, 2.45) is 5.92 Å². The molecular weight excluding hydrogens is 167 g/mol. The molecule has 76 valence electrons. The molecular formula is C10H19FN2. The highest BCUT2D eigenvalue weighted by Crippen LogP contribution is 2.17. The zero-order valence-electron chi connectivity index (χ0n) is 8.14. The van der Waals surface area contributed by atoms with Gasteiger partial charge < -0.3 is 10.2 Å². The Kier molecular flexibility index (Phi) is 3.17. The van der Waals surface area contributed by atoms with Gasteiger partial charge in [0.25, 0.3) is 0 Å². The Bertz CT molecular complexity index is 154. The Hall–Kier alpha value is -0.150. The van der Waals surface area contributed by atoms with Gasteiger partial charge in [-0.25, -0.2) is 4.39 Å². The first-order chi connectivity index (χ1) is 6.34. The summed E-state index contributed by atoms with van der Waals surface area (Å²) in [5, 5.41) is 3.40. The summed E-state index contributed by atoms with van der Waals surface area (Å²) in [7, 11) is 0. The van der Waals surface area contributed by atoms with Crippen molar-refractivity contribution in [3.63, 3.8) is 0 Å². The van der Waals surface area contributed by atoms with E-state index in [1.165, 1.54) is 19.4 Å². The minimum atomic E-state index is -0.559. The molecule has 2 saturated heterocycles. The Balaban J connectivity index is 1.71. The van der Waals surface area contributed by atoms with Crippen LogP contribution in [-0.2, 0) is 0 Å². The summed E-state index contributed by atoms with van der Waals surface area (Å²) in [5.74, 6) is 0.763. The number of nitrogens with one attached hydrogen (secondary N) is 1. The normalized spacial score (nSPS) is 36.7. The first kappa shape index (κ1) is 9.41. The average molecular weight is 186 g/mol. The van der Waals surface area contributed by atoms with Crippen LogP contribution in [-0.4, -0.2) is 43.8 Å². The summed E-state index contributed by atoms with van der Waals surface area (Å²) in [5.41, 5.74) is 0. The number of rotatable bonds is 2. The molecule has 0 bridgehead atoms. The predicted octanol–water partition coefficient (Wildman–Crippen LogP) is 1.03. The van der Waals surface area contributed by atoms with E-state index in [1.807, 2.05) is 0 Å². The summed E-state index contributed by atoms with van der Waals surface area (Å²) in [6, 6.07) is 0. The highest BCUT2D eigenvalue weighted by molar-refractivity contribution is 4.79. The lowest BCUT2D eigenvalue weighted by Crippen LogP contribution is -2.37. The molecule has 0 aromatic heterocycles. The second-order valence-electron chi connectivity index (χ2n) is 4.36. The largest absolute Gasteiger partial charge is 0.316 e. The second-order valence-corrected chi connectivity index (χ2v) is 4.36. The van der Waals surface area contributed by atoms with Crippen molar-refractivity contribution >= 4 is 0 Å². The van der Waals surface area contributed by atoms with Crippen molar-refractivity contribution in [1.29, 1.82) is 0 Å². The summed E-state index contributed by atoms with van der Waals surface area (Å²) < 4.78 is 12.9. The third-order valence-corrected chi connectivity index (χ3v) is 3.13. The zero-order chi connectivity index (χ0) is 9.10. The Morgan fingerprint density at radius 2 is 2.31 bits per heavy atom. The first-order valence-electron chi connectivity index (χ1n) is 5.42. The fourth-order valence-electron chi connectivity index (χ4n) is 2.40. The molecule has 2 nitrogen and oxygen atoms in total. The van der Waals surface area contributed by atoms with Crippen molar-refractivity contribution in [2.45, 2.75) is 25.4 Å². The number of alkyl halides is 1. The van der Waals surface area contributed by atoms with E-state index in [0.29, 0.717) is 6.54 Å². The molecule has 0 amide bonds. The van der Waals surface area contributed by atoms with Gasteiger partial charge in [0.1, 0.15) is 6.17 Å². The van der Waals surface area contributed by atoms with Crippen molar-refractivity contribution in [3.8, 4) is 0 Å². The van der Waals surface area contributed by atoms with Crippen LogP contribution in [0.1, 0.15) is 19.3 Å². The number of likely N-dealkylation sites (tertiary alicyclic amines) is 1. The van der Waals surface area contributed by atoms with Crippen LogP contribution in [0.3, 0.4) is 0 Å². The van der Waals surface area contributed by atoms with E-state index >= 15 is 0 Å². The summed E-state index contributed by atoms with van der Waals surface area (Å²) in [6.45, 7) is 5.05. The number of piperidine rings is 1. The molecule has 2 atom stereocenters. The van der Waals surface area contributed by atoms with Crippen LogP contribution in [0.4, 0.5) is 4.39 Å². The van der Waals surface area contributed by atoms with E-state index in [-0.39, 0.29) is 0 Å². The Morgan fingerprint density at radius 3 is 2.92 bits per heavy atom. The number of hydrogen-bond donors (Lipinski definition) is 1. The molecule has 0 aromatic rings. The molecule has 13 heavy (non-hydrogen) atoms. The maximum atomic E-state index is 12.9. The van der Waals surface area contributed by atoms with Crippen molar-refractivity contribution < 1.29 is 4.39 Å². The lowest BCUT2D eigenvalue weighted by atomic mass is 9.99. The van der Waals surface area contributed by atoms with Gasteiger partial charge >= 0.3 is 0 Å². The van der Waals surface area contributed by atoms with Gasteiger partial charge in [0.05, 0.1) is 0 Å². The molecule has 2 heterocycles. The minimum Gasteiger partial charge on any atom is -0.316 e. The van der Waals surface area contributed by atoms with E-state index < -0.39 is 6.17 Å². The van der Waals surface area contributed by atoms with Gasteiger partial charge in [0.15, 0.2) is 0 Å². The smallest absolute Gasteiger partial charge is 0.114 e. The molecule has 2 aliphatic heterocycles. The highest BCUT2D eigenvalue weighted by atomic mass is 19.1. The maximum absolute atomic E-state index is 12.9. The van der Waals surface area contributed by atoms with E-state index in [0.717, 1.165) is 32.0 Å². The molecule has 3 heteroatoms. The predicted molar refractivity (Wildman–Crippen MR) is 51.5 cm³/mol. The fourth-order valence-corrected chi connectivity index (χ4v) is 2.40. The monoisotopic (exact) mass is 186 g/mol. The topological polar surface area (TPSA) is 15.3 Å². The summed E-state index contributed by atoms with van der Waals surface area (Å²) in [4.78, 5) is 2.28. The molecule has 0 spiro atoms. The van der Waals surface area contributed by atoms with Gasteiger partial charge in [-0.05, 0) is 38.3 Å². The van der Waals surface area contributed by atoms with Crippen molar-refractivity contribution in [1.82, 2.24) is 10.2 Å².